The molecule has 0 saturated carbocycles. The van der Waals surface area contributed by atoms with Crippen molar-refractivity contribution in [1.82, 2.24) is 5.32 Å². The number of rotatable bonds is 5. The van der Waals surface area contributed by atoms with Gasteiger partial charge in [-0.3, -0.25) is 4.79 Å². The number of thiocarbonyl (C=S) groups is 1. The fraction of sp³-hybridized carbons (Fsp3) is 0.750. The van der Waals surface area contributed by atoms with Crippen LogP contribution < -0.4 is 11.1 Å². The quantitative estimate of drug-likeness (QED) is 0.683. The molecule has 1 atom stereocenters. The molecule has 0 aliphatic rings. The van der Waals surface area contributed by atoms with Gasteiger partial charge in [-0.15, -0.1) is 0 Å². The van der Waals surface area contributed by atoms with Crippen molar-refractivity contribution in [2.45, 2.75) is 20.3 Å². The van der Waals surface area contributed by atoms with Gasteiger partial charge in [0, 0.05) is 0 Å². The molecule has 0 aromatic carbocycles. The molecule has 0 aromatic rings. The Morgan fingerprint density at radius 3 is 2.29 bits per heavy atom. The summed E-state index contributed by atoms with van der Waals surface area (Å²) in [6.45, 7) is 2.85. The molecule has 14 heavy (non-hydrogen) atoms. The Morgan fingerprint density at radius 2 is 2.00 bits per heavy atom. The molecule has 0 heterocycles. The van der Waals surface area contributed by atoms with Crippen LogP contribution in [0.25, 0.3) is 0 Å². The van der Waals surface area contributed by atoms with Crippen LogP contribution in [0.15, 0.2) is 0 Å². The van der Waals surface area contributed by atoms with E-state index >= 15 is 0 Å². The topological polar surface area (TPSA) is 55.1 Å². The summed E-state index contributed by atoms with van der Waals surface area (Å²) >= 11 is 4.68. The molecule has 0 rings (SSSR count). The van der Waals surface area contributed by atoms with E-state index in [1.54, 1.807) is 13.8 Å². The van der Waals surface area contributed by atoms with Gasteiger partial charge in [-0.2, -0.15) is 0 Å². The van der Waals surface area contributed by atoms with Crippen molar-refractivity contribution in [2.75, 3.05) is 6.54 Å². The molecular formula is C8H14F2N2OS. The highest BCUT2D eigenvalue weighted by Crippen LogP contribution is 2.11. The number of hydrogen-bond donors (Lipinski definition) is 2. The summed E-state index contributed by atoms with van der Waals surface area (Å²) in [6, 6.07) is 0. The summed E-state index contributed by atoms with van der Waals surface area (Å²) in [5, 5.41) is 2.09. The standard InChI is InChI=1S/C8H14F2N2OS/c1-4(2)6(7(11)14)8(13)12-3-5(9)10/h4-6H,3H2,1-2H3,(H2,11,14)(H,12,13). The van der Waals surface area contributed by atoms with Crippen molar-refractivity contribution >= 4 is 23.1 Å². The second-order valence-corrected chi connectivity index (χ2v) is 3.73. The number of nitrogens with one attached hydrogen (secondary N) is 1. The highest BCUT2D eigenvalue weighted by molar-refractivity contribution is 7.80. The van der Waals surface area contributed by atoms with Crippen molar-refractivity contribution in [3.8, 4) is 0 Å². The van der Waals surface area contributed by atoms with Crippen molar-refractivity contribution in [2.24, 2.45) is 17.6 Å². The predicted octanol–water partition coefficient (Wildman–Crippen LogP) is 0.926. The minimum Gasteiger partial charge on any atom is -0.393 e. The van der Waals surface area contributed by atoms with E-state index in [1.165, 1.54) is 0 Å². The number of hydrogen-bond acceptors (Lipinski definition) is 2. The Labute approximate surface area is 87.0 Å². The van der Waals surface area contributed by atoms with E-state index in [2.05, 4.69) is 17.5 Å². The average molecular weight is 224 g/mol. The van der Waals surface area contributed by atoms with Crippen LogP contribution in [0.4, 0.5) is 8.78 Å². The van der Waals surface area contributed by atoms with Crippen LogP contribution in [0.5, 0.6) is 0 Å². The first-order valence-electron chi connectivity index (χ1n) is 4.21. The summed E-state index contributed by atoms with van der Waals surface area (Å²) < 4.78 is 23.6. The zero-order valence-electron chi connectivity index (χ0n) is 8.09. The Hall–Kier alpha value is -0.780. The maximum Gasteiger partial charge on any atom is 0.255 e. The van der Waals surface area contributed by atoms with Gasteiger partial charge in [-0.05, 0) is 5.92 Å². The van der Waals surface area contributed by atoms with Crippen molar-refractivity contribution in [3.63, 3.8) is 0 Å². The van der Waals surface area contributed by atoms with Crippen molar-refractivity contribution < 1.29 is 13.6 Å². The van der Waals surface area contributed by atoms with Crippen LogP contribution in [0.2, 0.25) is 0 Å². The monoisotopic (exact) mass is 224 g/mol. The lowest BCUT2D eigenvalue weighted by atomic mass is 9.95. The van der Waals surface area contributed by atoms with Crippen LogP contribution in [-0.2, 0) is 4.79 Å². The molecule has 0 saturated heterocycles. The number of alkyl halides is 2. The number of nitrogens with two attached hydrogens (primary N) is 1. The van der Waals surface area contributed by atoms with Crippen molar-refractivity contribution in [3.05, 3.63) is 0 Å². The average Bonchev–Trinajstić information content (AvgIpc) is 1.99. The lowest BCUT2D eigenvalue weighted by Gasteiger charge is -2.18. The molecule has 3 N–H and O–H groups in total. The molecule has 0 aromatic heterocycles. The summed E-state index contributed by atoms with van der Waals surface area (Å²) in [5.41, 5.74) is 5.33. The maximum atomic E-state index is 11.8. The van der Waals surface area contributed by atoms with E-state index in [4.69, 9.17) is 5.73 Å². The Kier molecular flexibility index (Phi) is 5.52. The van der Waals surface area contributed by atoms with Crippen LogP contribution in [0, 0.1) is 11.8 Å². The molecule has 0 radical (unpaired) electrons. The van der Waals surface area contributed by atoms with E-state index in [0.717, 1.165) is 0 Å². The van der Waals surface area contributed by atoms with Gasteiger partial charge >= 0.3 is 0 Å². The van der Waals surface area contributed by atoms with Gasteiger partial charge in [0.15, 0.2) is 0 Å². The van der Waals surface area contributed by atoms with Gasteiger partial charge in [0.2, 0.25) is 5.91 Å². The Morgan fingerprint density at radius 1 is 1.50 bits per heavy atom. The molecule has 0 spiro atoms. The molecular weight excluding hydrogens is 210 g/mol. The maximum absolute atomic E-state index is 11.8. The number of carbonyl (C=O) groups excluding carboxylic acids is 1. The highest BCUT2D eigenvalue weighted by atomic mass is 32.1. The minimum atomic E-state index is -2.56. The first-order chi connectivity index (χ1) is 6.36. The number of carbonyl (C=O) groups is 1. The van der Waals surface area contributed by atoms with Gasteiger partial charge in [-0.25, -0.2) is 8.78 Å². The zero-order chi connectivity index (χ0) is 11.3. The summed E-state index contributed by atoms with van der Waals surface area (Å²) in [6.07, 6.45) is -2.56. The summed E-state index contributed by atoms with van der Waals surface area (Å²) in [5.74, 6) is -1.30. The molecule has 3 nitrogen and oxygen atoms in total. The molecule has 0 aliphatic carbocycles. The minimum absolute atomic E-state index is 0.0340. The molecule has 82 valence electrons. The third kappa shape index (κ3) is 4.45. The molecule has 0 aliphatic heterocycles. The van der Waals surface area contributed by atoms with Crippen LogP contribution in [-0.4, -0.2) is 23.9 Å². The first kappa shape index (κ1) is 13.2. The number of amides is 1. The van der Waals surface area contributed by atoms with Gasteiger partial charge in [0.1, 0.15) is 0 Å². The van der Waals surface area contributed by atoms with E-state index in [1.807, 2.05) is 0 Å². The summed E-state index contributed by atoms with van der Waals surface area (Å²) in [7, 11) is 0. The van der Waals surface area contributed by atoms with E-state index in [0.29, 0.717) is 0 Å². The largest absolute Gasteiger partial charge is 0.393 e. The fourth-order valence-corrected chi connectivity index (χ4v) is 1.43. The summed E-state index contributed by atoms with van der Waals surface area (Å²) in [4.78, 5) is 11.4. The van der Waals surface area contributed by atoms with Gasteiger partial charge < -0.3 is 11.1 Å². The molecule has 1 amide bonds. The third-order valence-corrected chi connectivity index (χ3v) is 1.94. The predicted molar refractivity (Wildman–Crippen MR) is 54.1 cm³/mol. The van der Waals surface area contributed by atoms with E-state index in [-0.39, 0.29) is 10.9 Å². The first-order valence-corrected chi connectivity index (χ1v) is 4.62. The fourth-order valence-electron chi connectivity index (χ4n) is 1.05. The normalized spacial score (nSPS) is 13.0. The highest BCUT2D eigenvalue weighted by Gasteiger charge is 2.25. The zero-order valence-corrected chi connectivity index (χ0v) is 8.91. The number of halogens is 2. The van der Waals surface area contributed by atoms with Crippen LogP contribution in [0.3, 0.4) is 0 Å². The molecule has 0 fully saturated rings. The lowest BCUT2D eigenvalue weighted by molar-refractivity contribution is -0.124. The lowest BCUT2D eigenvalue weighted by Crippen LogP contribution is -2.42. The van der Waals surface area contributed by atoms with Crippen LogP contribution in [0.1, 0.15) is 13.8 Å². The van der Waals surface area contributed by atoms with Gasteiger partial charge in [0.05, 0.1) is 17.5 Å². The Balaban J connectivity index is 4.24. The van der Waals surface area contributed by atoms with E-state index in [9.17, 15) is 13.6 Å². The van der Waals surface area contributed by atoms with Crippen molar-refractivity contribution in [1.29, 1.82) is 0 Å². The third-order valence-electron chi connectivity index (χ3n) is 1.69. The van der Waals surface area contributed by atoms with E-state index < -0.39 is 24.8 Å². The van der Waals surface area contributed by atoms with Gasteiger partial charge in [0.25, 0.3) is 6.43 Å². The SMILES string of the molecule is CC(C)C(C(=O)NCC(F)F)C(N)=S. The molecule has 1 unspecified atom stereocenters. The van der Waals surface area contributed by atoms with Gasteiger partial charge in [-0.1, -0.05) is 26.1 Å². The second kappa shape index (κ2) is 5.85. The molecule has 6 heteroatoms. The second-order valence-electron chi connectivity index (χ2n) is 3.26. The van der Waals surface area contributed by atoms with Crippen LogP contribution >= 0.6 is 12.2 Å². The Bertz CT molecular complexity index is 221. The molecule has 0 bridgehead atoms. The smallest absolute Gasteiger partial charge is 0.255 e.